The van der Waals surface area contributed by atoms with E-state index in [1.807, 2.05) is 0 Å². The summed E-state index contributed by atoms with van der Waals surface area (Å²) in [5, 5.41) is 0. The SMILES string of the molecule is COc1cc(C(=O)Oc2cc[c]cc2)cc(OC)c1OC. The highest BCUT2D eigenvalue weighted by Crippen LogP contribution is 2.38. The molecule has 0 amide bonds. The van der Waals surface area contributed by atoms with E-state index in [0.29, 0.717) is 28.6 Å². The average Bonchev–Trinajstić information content (AvgIpc) is 2.54. The Kier molecular flexibility index (Phi) is 4.66. The molecule has 1 radical (unpaired) electrons. The van der Waals surface area contributed by atoms with Crippen LogP contribution in [0.15, 0.2) is 36.4 Å². The van der Waals surface area contributed by atoms with E-state index in [-0.39, 0.29) is 0 Å². The molecule has 0 aliphatic rings. The maximum atomic E-state index is 12.2. The molecular formula is C16H15O5. The molecule has 2 aromatic rings. The summed E-state index contributed by atoms with van der Waals surface area (Å²) < 4.78 is 20.9. The van der Waals surface area contributed by atoms with Crippen molar-refractivity contribution in [3.63, 3.8) is 0 Å². The summed E-state index contributed by atoms with van der Waals surface area (Å²) in [6, 6.07) is 12.6. The lowest BCUT2D eigenvalue weighted by atomic mass is 10.2. The smallest absolute Gasteiger partial charge is 0.343 e. The summed E-state index contributed by atoms with van der Waals surface area (Å²) in [4.78, 5) is 12.2. The lowest BCUT2D eigenvalue weighted by molar-refractivity contribution is 0.0734. The second-order valence-electron chi connectivity index (χ2n) is 4.04. The fraction of sp³-hybridized carbons (Fsp3) is 0.188. The summed E-state index contributed by atoms with van der Waals surface area (Å²) in [6.07, 6.45) is 0. The summed E-state index contributed by atoms with van der Waals surface area (Å²) in [6.45, 7) is 0. The molecule has 5 nitrogen and oxygen atoms in total. The molecule has 0 unspecified atom stereocenters. The number of carbonyl (C=O) groups excluding carboxylic acids is 1. The second-order valence-corrected chi connectivity index (χ2v) is 4.04. The first kappa shape index (κ1) is 14.7. The van der Waals surface area contributed by atoms with Crippen LogP contribution in [0.1, 0.15) is 10.4 Å². The second kappa shape index (κ2) is 6.65. The Morgan fingerprint density at radius 2 is 1.52 bits per heavy atom. The topological polar surface area (TPSA) is 54.0 Å². The molecule has 0 saturated carbocycles. The number of methoxy groups -OCH3 is 3. The molecular weight excluding hydrogens is 272 g/mol. The van der Waals surface area contributed by atoms with Crippen LogP contribution in [0.3, 0.4) is 0 Å². The largest absolute Gasteiger partial charge is 0.493 e. The molecule has 0 fully saturated rings. The van der Waals surface area contributed by atoms with Gasteiger partial charge in [-0.3, -0.25) is 0 Å². The zero-order valence-electron chi connectivity index (χ0n) is 12.0. The van der Waals surface area contributed by atoms with E-state index in [1.54, 1.807) is 36.4 Å². The lowest BCUT2D eigenvalue weighted by Gasteiger charge is -2.13. The van der Waals surface area contributed by atoms with Crippen molar-refractivity contribution < 1.29 is 23.7 Å². The molecule has 109 valence electrons. The van der Waals surface area contributed by atoms with Crippen molar-refractivity contribution in [3.05, 3.63) is 48.0 Å². The van der Waals surface area contributed by atoms with Crippen molar-refractivity contribution >= 4 is 5.97 Å². The number of rotatable bonds is 5. The molecule has 0 aliphatic carbocycles. The molecule has 0 spiro atoms. The highest BCUT2D eigenvalue weighted by Gasteiger charge is 2.18. The van der Waals surface area contributed by atoms with Gasteiger partial charge in [0.25, 0.3) is 0 Å². The first-order chi connectivity index (χ1) is 10.2. The van der Waals surface area contributed by atoms with Gasteiger partial charge < -0.3 is 18.9 Å². The highest BCUT2D eigenvalue weighted by molar-refractivity contribution is 5.92. The van der Waals surface area contributed by atoms with Gasteiger partial charge in [-0.1, -0.05) is 12.1 Å². The third-order valence-electron chi connectivity index (χ3n) is 2.80. The van der Waals surface area contributed by atoms with Gasteiger partial charge in [0.05, 0.1) is 26.9 Å². The molecule has 0 N–H and O–H groups in total. The molecule has 0 heterocycles. The van der Waals surface area contributed by atoms with Crippen LogP contribution in [0, 0.1) is 6.07 Å². The van der Waals surface area contributed by atoms with Crippen molar-refractivity contribution in [3.8, 4) is 23.0 Å². The highest BCUT2D eigenvalue weighted by atomic mass is 16.5. The van der Waals surface area contributed by atoms with Crippen molar-refractivity contribution in [2.75, 3.05) is 21.3 Å². The van der Waals surface area contributed by atoms with Crippen molar-refractivity contribution in [2.24, 2.45) is 0 Å². The monoisotopic (exact) mass is 287 g/mol. The van der Waals surface area contributed by atoms with Crippen LogP contribution in [-0.2, 0) is 0 Å². The quantitative estimate of drug-likeness (QED) is 0.625. The lowest BCUT2D eigenvalue weighted by Crippen LogP contribution is -2.09. The Morgan fingerprint density at radius 1 is 0.952 bits per heavy atom. The third kappa shape index (κ3) is 3.25. The van der Waals surface area contributed by atoms with Gasteiger partial charge in [-0.15, -0.1) is 0 Å². The third-order valence-corrected chi connectivity index (χ3v) is 2.80. The Hall–Kier alpha value is -2.69. The fourth-order valence-corrected chi connectivity index (χ4v) is 1.80. The first-order valence-corrected chi connectivity index (χ1v) is 6.18. The van der Waals surface area contributed by atoms with Gasteiger partial charge in [0, 0.05) is 0 Å². The number of carbonyl (C=O) groups is 1. The van der Waals surface area contributed by atoms with Gasteiger partial charge in [-0.2, -0.15) is 0 Å². The Balaban J connectivity index is 2.33. The van der Waals surface area contributed by atoms with Gasteiger partial charge in [0.1, 0.15) is 5.75 Å². The molecule has 21 heavy (non-hydrogen) atoms. The number of esters is 1. The zero-order chi connectivity index (χ0) is 15.2. The van der Waals surface area contributed by atoms with E-state index in [4.69, 9.17) is 18.9 Å². The molecule has 0 aliphatic heterocycles. The standard InChI is InChI=1S/C16H15O5/c1-18-13-9-11(10-14(19-2)15(13)20-3)16(17)21-12-7-5-4-6-8-12/h5-10H,1-3H3. The van der Waals surface area contributed by atoms with Crippen LogP contribution in [-0.4, -0.2) is 27.3 Å². The van der Waals surface area contributed by atoms with E-state index >= 15 is 0 Å². The van der Waals surface area contributed by atoms with Crippen molar-refractivity contribution in [1.82, 2.24) is 0 Å². The predicted molar refractivity (Wildman–Crippen MR) is 76.3 cm³/mol. The van der Waals surface area contributed by atoms with E-state index in [9.17, 15) is 4.79 Å². The normalized spacial score (nSPS) is 9.86. The van der Waals surface area contributed by atoms with Gasteiger partial charge in [0.2, 0.25) is 5.75 Å². The molecule has 0 saturated heterocycles. The summed E-state index contributed by atoms with van der Waals surface area (Å²) in [7, 11) is 4.47. The molecule has 0 bridgehead atoms. The molecule has 5 heteroatoms. The van der Waals surface area contributed by atoms with Gasteiger partial charge in [0.15, 0.2) is 11.5 Å². The molecule has 2 rings (SSSR count). The van der Waals surface area contributed by atoms with Crippen LogP contribution in [0.2, 0.25) is 0 Å². The number of benzene rings is 2. The summed E-state index contributed by atoms with van der Waals surface area (Å²) >= 11 is 0. The van der Waals surface area contributed by atoms with Gasteiger partial charge in [-0.05, 0) is 30.3 Å². The number of hydrogen-bond donors (Lipinski definition) is 0. The van der Waals surface area contributed by atoms with Crippen LogP contribution in [0.5, 0.6) is 23.0 Å². The van der Waals surface area contributed by atoms with E-state index in [2.05, 4.69) is 6.07 Å². The minimum atomic E-state index is -0.513. The maximum absolute atomic E-state index is 12.2. The molecule has 2 aromatic carbocycles. The minimum absolute atomic E-state index is 0.303. The maximum Gasteiger partial charge on any atom is 0.343 e. The summed E-state index contributed by atoms with van der Waals surface area (Å²) in [5.41, 5.74) is 0.303. The van der Waals surface area contributed by atoms with Gasteiger partial charge >= 0.3 is 5.97 Å². The van der Waals surface area contributed by atoms with Crippen LogP contribution in [0.4, 0.5) is 0 Å². The van der Waals surface area contributed by atoms with E-state index in [1.165, 1.54) is 21.3 Å². The van der Waals surface area contributed by atoms with E-state index < -0.39 is 5.97 Å². The molecule has 0 aromatic heterocycles. The van der Waals surface area contributed by atoms with Gasteiger partial charge in [-0.25, -0.2) is 4.79 Å². The van der Waals surface area contributed by atoms with Crippen molar-refractivity contribution in [2.45, 2.75) is 0 Å². The van der Waals surface area contributed by atoms with Crippen LogP contribution in [0.25, 0.3) is 0 Å². The van der Waals surface area contributed by atoms with Crippen LogP contribution < -0.4 is 18.9 Å². The average molecular weight is 287 g/mol. The Morgan fingerprint density at radius 3 is 2.00 bits per heavy atom. The summed E-state index contributed by atoms with van der Waals surface area (Å²) in [5.74, 6) is 1.13. The van der Waals surface area contributed by atoms with Crippen molar-refractivity contribution in [1.29, 1.82) is 0 Å². The Bertz CT molecular complexity index is 597. The zero-order valence-corrected chi connectivity index (χ0v) is 12.0. The Labute approximate surface area is 123 Å². The molecule has 0 atom stereocenters. The van der Waals surface area contributed by atoms with Crippen LogP contribution >= 0.6 is 0 Å². The first-order valence-electron chi connectivity index (χ1n) is 6.18. The minimum Gasteiger partial charge on any atom is -0.493 e. The number of hydrogen-bond acceptors (Lipinski definition) is 5. The number of ether oxygens (including phenoxy) is 4. The fourth-order valence-electron chi connectivity index (χ4n) is 1.80. The predicted octanol–water partition coefficient (Wildman–Crippen LogP) is 2.73. The van der Waals surface area contributed by atoms with E-state index in [0.717, 1.165) is 0 Å².